The average molecular weight is 262 g/mol. The topological polar surface area (TPSA) is 29.5 Å². The maximum atomic E-state index is 11.1. The van der Waals surface area contributed by atoms with E-state index in [1.165, 1.54) is 24.8 Å². The molecule has 0 saturated heterocycles. The quantitative estimate of drug-likeness (QED) is 0.888. The van der Waals surface area contributed by atoms with E-state index in [1.54, 1.807) is 7.11 Å². The van der Waals surface area contributed by atoms with Gasteiger partial charge in [-0.05, 0) is 50.7 Å². The number of benzene rings is 1. The Morgan fingerprint density at radius 2 is 1.79 bits per heavy atom. The fourth-order valence-electron chi connectivity index (χ4n) is 3.34. The Morgan fingerprint density at radius 1 is 1.16 bits per heavy atom. The van der Waals surface area contributed by atoms with Gasteiger partial charge in [-0.3, -0.25) is 0 Å². The highest BCUT2D eigenvalue weighted by Gasteiger charge is 2.37. The molecule has 0 aromatic heterocycles. The summed E-state index contributed by atoms with van der Waals surface area (Å²) in [6.45, 7) is 6.10. The number of rotatable bonds is 3. The monoisotopic (exact) mass is 262 g/mol. The smallest absolute Gasteiger partial charge is 0.128 e. The molecule has 1 aliphatic carbocycles. The number of aryl methyl sites for hydroxylation is 1. The molecule has 1 unspecified atom stereocenters. The van der Waals surface area contributed by atoms with E-state index in [2.05, 4.69) is 19.9 Å². The Labute approximate surface area is 116 Å². The molecule has 0 heterocycles. The molecule has 2 nitrogen and oxygen atoms in total. The molecule has 1 N–H and O–H groups in total. The van der Waals surface area contributed by atoms with Crippen molar-refractivity contribution in [3.63, 3.8) is 0 Å². The van der Waals surface area contributed by atoms with Crippen LogP contribution in [0.25, 0.3) is 0 Å². The van der Waals surface area contributed by atoms with E-state index in [4.69, 9.17) is 4.74 Å². The van der Waals surface area contributed by atoms with E-state index >= 15 is 0 Å². The second-order valence-electron chi connectivity index (χ2n) is 6.07. The molecule has 0 radical (unpaired) electrons. The lowest BCUT2D eigenvalue weighted by molar-refractivity contribution is -0.0232. The molecule has 1 aliphatic rings. The normalized spacial score (nSPS) is 20.1. The molecule has 1 aromatic rings. The zero-order chi connectivity index (χ0) is 14.0. The SMILES string of the molecule is COc1c(C(C)(O)C2CCCCC2)ccc(C)c1C. The first-order valence-electron chi connectivity index (χ1n) is 7.35. The molecule has 2 heteroatoms. The minimum absolute atomic E-state index is 0.345. The molecule has 0 spiro atoms. The molecule has 0 aliphatic heterocycles. The maximum Gasteiger partial charge on any atom is 0.128 e. The van der Waals surface area contributed by atoms with Gasteiger partial charge in [-0.25, -0.2) is 0 Å². The first kappa shape index (κ1) is 14.4. The van der Waals surface area contributed by atoms with Gasteiger partial charge in [0, 0.05) is 5.56 Å². The summed E-state index contributed by atoms with van der Waals surface area (Å²) in [6.07, 6.45) is 5.99. The van der Waals surface area contributed by atoms with Crippen LogP contribution in [0.15, 0.2) is 12.1 Å². The summed E-state index contributed by atoms with van der Waals surface area (Å²) >= 11 is 0. The van der Waals surface area contributed by atoms with Crippen LogP contribution >= 0.6 is 0 Å². The van der Waals surface area contributed by atoms with E-state index in [9.17, 15) is 5.11 Å². The summed E-state index contributed by atoms with van der Waals surface area (Å²) in [5, 5.41) is 11.1. The fraction of sp³-hybridized carbons (Fsp3) is 0.647. The van der Waals surface area contributed by atoms with E-state index in [0.717, 1.165) is 29.7 Å². The van der Waals surface area contributed by atoms with Crippen molar-refractivity contribution in [2.45, 2.75) is 58.5 Å². The molecular formula is C17H26O2. The third-order valence-electron chi connectivity index (χ3n) is 4.83. The lowest BCUT2D eigenvalue weighted by Crippen LogP contribution is -2.34. The van der Waals surface area contributed by atoms with Crippen molar-refractivity contribution in [2.75, 3.05) is 7.11 Å². The van der Waals surface area contributed by atoms with Crippen LogP contribution in [0.3, 0.4) is 0 Å². The third kappa shape index (κ3) is 2.64. The highest BCUT2D eigenvalue weighted by molar-refractivity contribution is 5.48. The molecule has 1 fully saturated rings. The Bertz CT molecular complexity index is 443. The maximum absolute atomic E-state index is 11.1. The van der Waals surface area contributed by atoms with Gasteiger partial charge in [0.25, 0.3) is 0 Å². The Hall–Kier alpha value is -1.02. The summed E-state index contributed by atoms with van der Waals surface area (Å²) in [5.74, 6) is 1.20. The first-order chi connectivity index (χ1) is 8.98. The van der Waals surface area contributed by atoms with Crippen molar-refractivity contribution < 1.29 is 9.84 Å². The lowest BCUT2D eigenvalue weighted by Gasteiger charge is -2.37. The number of ether oxygens (including phenoxy) is 1. The Kier molecular flexibility index (Phi) is 4.19. The van der Waals surface area contributed by atoms with Crippen LogP contribution in [0.2, 0.25) is 0 Å². The van der Waals surface area contributed by atoms with Crippen molar-refractivity contribution in [2.24, 2.45) is 5.92 Å². The lowest BCUT2D eigenvalue weighted by atomic mass is 9.74. The largest absolute Gasteiger partial charge is 0.496 e. The number of methoxy groups -OCH3 is 1. The van der Waals surface area contributed by atoms with Crippen LogP contribution in [0.1, 0.15) is 55.7 Å². The van der Waals surface area contributed by atoms with Gasteiger partial charge in [0.1, 0.15) is 5.75 Å². The van der Waals surface area contributed by atoms with Crippen molar-refractivity contribution >= 4 is 0 Å². The van der Waals surface area contributed by atoms with Crippen LogP contribution in [-0.4, -0.2) is 12.2 Å². The molecule has 1 saturated carbocycles. The predicted octanol–water partition coefficient (Wildman–Crippen LogP) is 4.10. The average Bonchev–Trinajstić information content (AvgIpc) is 2.42. The first-order valence-corrected chi connectivity index (χ1v) is 7.35. The van der Waals surface area contributed by atoms with Crippen LogP contribution in [0.5, 0.6) is 5.75 Å². The van der Waals surface area contributed by atoms with Crippen LogP contribution < -0.4 is 4.74 Å². The molecular weight excluding hydrogens is 236 g/mol. The highest BCUT2D eigenvalue weighted by atomic mass is 16.5. The van der Waals surface area contributed by atoms with Crippen LogP contribution in [0, 0.1) is 19.8 Å². The third-order valence-corrected chi connectivity index (χ3v) is 4.83. The highest BCUT2D eigenvalue weighted by Crippen LogP contribution is 2.43. The standard InChI is InChI=1S/C17H26O2/c1-12-10-11-15(16(19-4)13(12)2)17(3,18)14-8-6-5-7-9-14/h10-11,14,18H,5-9H2,1-4H3. The molecule has 0 bridgehead atoms. The predicted molar refractivity (Wildman–Crippen MR) is 78.6 cm³/mol. The Balaban J connectivity index is 2.41. The van der Waals surface area contributed by atoms with Crippen molar-refractivity contribution in [3.05, 3.63) is 28.8 Å². The second-order valence-corrected chi connectivity index (χ2v) is 6.07. The van der Waals surface area contributed by atoms with Gasteiger partial charge in [-0.15, -0.1) is 0 Å². The zero-order valence-electron chi connectivity index (χ0n) is 12.6. The van der Waals surface area contributed by atoms with Gasteiger partial charge in [-0.1, -0.05) is 31.4 Å². The summed E-state index contributed by atoms with van der Waals surface area (Å²) < 4.78 is 5.57. The van der Waals surface area contributed by atoms with E-state index < -0.39 is 5.60 Å². The summed E-state index contributed by atoms with van der Waals surface area (Å²) in [7, 11) is 1.70. The van der Waals surface area contributed by atoms with Gasteiger partial charge in [0.15, 0.2) is 0 Å². The van der Waals surface area contributed by atoms with Gasteiger partial charge >= 0.3 is 0 Å². The van der Waals surface area contributed by atoms with Crippen LogP contribution in [-0.2, 0) is 5.60 Å². The van der Waals surface area contributed by atoms with Crippen LogP contribution in [0.4, 0.5) is 0 Å². The van der Waals surface area contributed by atoms with Crippen molar-refractivity contribution in [1.29, 1.82) is 0 Å². The minimum Gasteiger partial charge on any atom is -0.496 e. The summed E-state index contributed by atoms with van der Waals surface area (Å²) in [5.41, 5.74) is 2.51. The van der Waals surface area contributed by atoms with Crippen molar-refractivity contribution in [1.82, 2.24) is 0 Å². The fourth-order valence-corrected chi connectivity index (χ4v) is 3.34. The van der Waals surface area contributed by atoms with E-state index in [-0.39, 0.29) is 0 Å². The Morgan fingerprint density at radius 3 is 2.37 bits per heavy atom. The molecule has 2 rings (SSSR count). The van der Waals surface area contributed by atoms with Gasteiger partial charge in [0.2, 0.25) is 0 Å². The molecule has 106 valence electrons. The van der Waals surface area contributed by atoms with Gasteiger partial charge in [-0.2, -0.15) is 0 Å². The molecule has 0 amide bonds. The second kappa shape index (κ2) is 5.54. The minimum atomic E-state index is -0.787. The zero-order valence-corrected chi connectivity index (χ0v) is 12.6. The van der Waals surface area contributed by atoms with Gasteiger partial charge < -0.3 is 9.84 Å². The van der Waals surface area contributed by atoms with Crippen molar-refractivity contribution in [3.8, 4) is 5.75 Å². The van der Waals surface area contributed by atoms with E-state index in [1.807, 2.05) is 13.0 Å². The number of hydrogen-bond donors (Lipinski definition) is 1. The summed E-state index contributed by atoms with van der Waals surface area (Å²) in [6, 6.07) is 4.13. The summed E-state index contributed by atoms with van der Waals surface area (Å²) in [4.78, 5) is 0. The molecule has 1 atom stereocenters. The molecule has 1 aromatic carbocycles. The van der Waals surface area contributed by atoms with E-state index in [0.29, 0.717) is 5.92 Å². The number of hydrogen-bond acceptors (Lipinski definition) is 2. The van der Waals surface area contributed by atoms with Gasteiger partial charge in [0.05, 0.1) is 12.7 Å². The number of aliphatic hydroxyl groups is 1. The molecule has 19 heavy (non-hydrogen) atoms.